The normalized spacial score (nSPS) is 11.2. The number of carbonyl (C=O) groups excluding carboxylic acids is 1. The molecule has 1 heterocycles. The van der Waals surface area contributed by atoms with Crippen LogP contribution in [0.1, 0.15) is 17.3 Å². The van der Waals surface area contributed by atoms with E-state index in [1.54, 1.807) is 43.3 Å². The summed E-state index contributed by atoms with van der Waals surface area (Å²) in [4.78, 5) is 12.9. The molecule has 33 heavy (non-hydrogen) atoms. The van der Waals surface area contributed by atoms with Crippen LogP contribution in [0.15, 0.2) is 83.1 Å². The Labute approximate surface area is 200 Å². The first-order chi connectivity index (χ1) is 15.9. The number of para-hydroxylation sites is 1. The fourth-order valence-corrected chi connectivity index (χ4v) is 5.43. The van der Waals surface area contributed by atoms with Crippen LogP contribution >= 0.6 is 23.1 Å². The lowest BCUT2D eigenvalue weighted by molar-refractivity contribution is 0.102. The summed E-state index contributed by atoms with van der Waals surface area (Å²) in [5.74, 6) is -0.511. The van der Waals surface area contributed by atoms with Gasteiger partial charge in [-0.25, -0.2) is 8.42 Å². The molecule has 7 nitrogen and oxygen atoms in total. The van der Waals surface area contributed by atoms with Gasteiger partial charge in [0.1, 0.15) is 5.69 Å². The molecule has 0 spiro atoms. The maximum absolute atomic E-state index is 13.3. The summed E-state index contributed by atoms with van der Waals surface area (Å²) < 4.78 is 31.7. The fourth-order valence-electron chi connectivity index (χ4n) is 3.26. The summed E-state index contributed by atoms with van der Waals surface area (Å²) in [6.45, 7) is 1.98. The monoisotopic (exact) mass is 498 g/mol. The molecule has 10 heteroatoms. The smallest absolute Gasteiger partial charge is 0.264 e. The van der Waals surface area contributed by atoms with Crippen LogP contribution in [0.25, 0.3) is 11.3 Å². The molecule has 0 unspecified atom stereocenters. The van der Waals surface area contributed by atoms with Crippen LogP contribution in [0.5, 0.6) is 0 Å². The fraction of sp³-hybridized carbons (Fsp3) is 0.0870. The van der Waals surface area contributed by atoms with E-state index < -0.39 is 15.9 Å². The van der Waals surface area contributed by atoms with E-state index >= 15 is 0 Å². The first kappa shape index (κ1) is 22.9. The van der Waals surface area contributed by atoms with Gasteiger partial charge in [-0.15, -0.1) is 5.10 Å². The second-order valence-electron chi connectivity index (χ2n) is 6.97. The highest BCUT2D eigenvalue weighted by molar-refractivity contribution is 7.92. The van der Waals surface area contributed by atoms with Crippen molar-refractivity contribution in [1.29, 1.82) is 0 Å². The molecule has 0 saturated carbocycles. The standard InChI is InChI=1S/C23H19ClN4O3S2/c1-2-28(18-6-4-3-5-7-18)33(30,31)19-12-13-21(24)20(14-19)23(29)25-17-10-8-16(9-11-17)22-15-32-27-26-22/h3-15H,2H2,1H3,(H,25,29). The van der Waals surface area contributed by atoms with Gasteiger partial charge < -0.3 is 5.32 Å². The number of anilines is 2. The highest BCUT2D eigenvalue weighted by Gasteiger charge is 2.25. The van der Waals surface area contributed by atoms with Crippen molar-refractivity contribution in [3.8, 4) is 11.3 Å². The second kappa shape index (κ2) is 9.70. The molecule has 4 rings (SSSR count). The van der Waals surface area contributed by atoms with E-state index in [1.165, 1.54) is 34.0 Å². The van der Waals surface area contributed by atoms with Gasteiger partial charge in [-0.3, -0.25) is 9.10 Å². The molecule has 1 N–H and O–H groups in total. The Balaban J connectivity index is 1.59. The van der Waals surface area contributed by atoms with Crippen molar-refractivity contribution >= 4 is 50.4 Å². The SMILES string of the molecule is CCN(c1ccccc1)S(=O)(=O)c1ccc(Cl)c(C(=O)Nc2ccc(-c3csnn3)cc2)c1. The van der Waals surface area contributed by atoms with Gasteiger partial charge in [0, 0.05) is 23.2 Å². The lowest BCUT2D eigenvalue weighted by atomic mass is 10.1. The van der Waals surface area contributed by atoms with Crippen LogP contribution in [0.4, 0.5) is 11.4 Å². The van der Waals surface area contributed by atoms with Gasteiger partial charge in [-0.2, -0.15) is 0 Å². The van der Waals surface area contributed by atoms with Gasteiger partial charge in [0.15, 0.2) is 0 Å². The maximum Gasteiger partial charge on any atom is 0.264 e. The van der Waals surface area contributed by atoms with Crippen molar-refractivity contribution < 1.29 is 13.2 Å². The van der Waals surface area contributed by atoms with Gasteiger partial charge in [0.25, 0.3) is 15.9 Å². The van der Waals surface area contributed by atoms with Crippen LogP contribution in [0, 0.1) is 0 Å². The van der Waals surface area contributed by atoms with Crippen LogP contribution in [0.3, 0.4) is 0 Å². The van der Waals surface area contributed by atoms with Crippen LogP contribution in [0.2, 0.25) is 5.02 Å². The highest BCUT2D eigenvalue weighted by Crippen LogP contribution is 2.27. The number of halogens is 1. The molecule has 0 atom stereocenters. The van der Waals surface area contributed by atoms with Gasteiger partial charge in [-0.1, -0.05) is 46.4 Å². The number of amides is 1. The van der Waals surface area contributed by atoms with E-state index in [-0.39, 0.29) is 22.0 Å². The number of rotatable bonds is 7. The summed E-state index contributed by atoms with van der Waals surface area (Å²) in [6, 6.07) is 20.0. The molecule has 3 aromatic carbocycles. The minimum atomic E-state index is -3.90. The molecule has 0 saturated heterocycles. The van der Waals surface area contributed by atoms with E-state index in [0.717, 1.165) is 11.3 Å². The second-order valence-corrected chi connectivity index (χ2v) is 9.85. The third-order valence-corrected chi connectivity index (χ3v) is 7.63. The largest absolute Gasteiger partial charge is 0.322 e. The number of carbonyl (C=O) groups is 1. The van der Waals surface area contributed by atoms with Gasteiger partial charge >= 0.3 is 0 Å². The van der Waals surface area contributed by atoms with Crippen molar-refractivity contribution in [3.63, 3.8) is 0 Å². The van der Waals surface area contributed by atoms with Crippen molar-refractivity contribution in [1.82, 2.24) is 9.59 Å². The average Bonchev–Trinajstić information content (AvgIpc) is 3.36. The molecule has 0 aliphatic carbocycles. The topological polar surface area (TPSA) is 92.3 Å². The molecule has 4 aromatic rings. The first-order valence-corrected chi connectivity index (χ1v) is 12.6. The third-order valence-electron chi connectivity index (χ3n) is 4.90. The molecule has 0 bridgehead atoms. The lowest BCUT2D eigenvalue weighted by Crippen LogP contribution is -2.31. The van der Waals surface area contributed by atoms with Crippen molar-refractivity contribution in [2.75, 3.05) is 16.2 Å². The van der Waals surface area contributed by atoms with Crippen molar-refractivity contribution in [2.24, 2.45) is 0 Å². The number of hydrogen-bond donors (Lipinski definition) is 1. The molecular weight excluding hydrogens is 480 g/mol. The van der Waals surface area contributed by atoms with E-state index in [4.69, 9.17) is 11.6 Å². The first-order valence-electron chi connectivity index (χ1n) is 9.96. The summed E-state index contributed by atoms with van der Waals surface area (Å²) in [7, 11) is -3.90. The summed E-state index contributed by atoms with van der Waals surface area (Å²) in [6.07, 6.45) is 0. The Kier molecular flexibility index (Phi) is 6.73. The van der Waals surface area contributed by atoms with E-state index in [9.17, 15) is 13.2 Å². The lowest BCUT2D eigenvalue weighted by Gasteiger charge is -2.23. The number of nitrogens with zero attached hydrogens (tertiary/aromatic N) is 3. The number of benzene rings is 3. The van der Waals surface area contributed by atoms with Crippen molar-refractivity contribution in [3.05, 3.63) is 88.8 Å². The van der Waals surface area contributed by atoms with Crippen LogP contribution < -0.4 is 9.62 Å². The molecule has 0 aliphatic rings. The molecule has 0 radical (unpaired) electrons. The molecule has 0 aliphatic heterocycles. The minimum Gasteiger partial charge on any atom is -0.322 e. The number of aromatic nitrogens is 2. The van der Waals surface area contributed by atoms with Crippen molar-refractivity contribution in [2.45, 2.75) is 11.8 Å². The number of nitrogens with one attached hydrogen (secondary N) is 1. The van der Waals surface area contributed by atoms with E-state index in [0.29, 0.717) is 11.4 Å². The summed E-state index contributed by atoms with van der Waals surface area (Å²) in [5.41, 5.74) is 2.76. The van der Waals surface area contributed by atoms with Gasteiger partial charge in [0.2, 0.25) is 0 Å². The van der Waals surface area contributed by atoms with Crippen LogP contribution in [-0.2, 0) is 10.0 Å². The quantitative estimate of drug-likeness (QED) is 0.372. The zero-order valence-corrected chi connectivity index (χ0v) is 19.9. The summed E-state index contributed by atoms with van der Waals surface area (Å²) >= 11 is 7.50. The third kappa shape index (κ3) is 4.90. The van der Waals surface area contributed by atoms with Gasteiger partial charge in [0.05, 0.1) is 21.2 Å². The Hall–Kier alpha value is -3.27. The highest BCUT2D eigenvalue weighted by atomic mass is 35.5. The Morgan fingerprint density at radius 1 is 1.06 bits per heavy atom. The maximum atomic E-state index is 13.3. The van der Waals surface area contributed by atoms with E-state index in [1.807, 2.05) is 23.6 Å². The summed E-state index contributed by atoms with van der Waals surface area (Å²) in [5, 5.41) is 8.75. The molecule has 0 fully saturated rings. The predicted octanol–water partition coefficient (Wildman–Crippen LogP) is 5.33. The number of hydrogen-bond acceptors (Lipinski definition) is 6. The predicted molar refractivity (Wildman–Crippen MR) is 131 cm³/mol. The molecule has 1 amide bonds. The number of sulfonamides is 1. The molecule has 1 aromatic heterocycles. The molecule has 168 valence electrons. The van der Waals surface area contributed by atoms with E-state index in [2.05, 4.69) is 14.9 Å². The van der Waals surface area contributed by atoms with Crippen LogP contribution in [-0.4, -0.2) is 30.5 Å². The Morgan fingerprint density at radius 2 is 1.79 bits per heavy atom. The Bertz CT molecular complexity index is 1360. The van der Waals surface area contributed by atoms with Gasteiger partial charge in [-0.05, 0) is 60.9 Å². The Morgan fingerprint density at radius 3 is 2.42 bits per heavy atom. The zero-order valence-electron chi connectivity index (χ0n) is 17.5. The molecular formula is C23H19ClN4O3S2. The zero-order chi connectivity index (χ0) is 23.4. The average molecular weight is 499 g/mol. The minimum absolute atomic E-state index is 0.0193.